The summed E-state index contributed by atoms with van der Waals surface area (Å²) in [5.41, 5.74) is 8.69. The highest BCUT2D eigenvalue weighted by molar-refractivity contribution is 7.70. The van der Waals surface area contributed by atoms with Gasteiger partial charge in [0.1, 0.15) is 23.8 Å². The summed E-state index contributed by atoms with van der Waals surface area (Å²) in [6, 6.07) is 12.1. The first-order valence-corrected chi connectivity index (χ1v) is 29.9. The van der Waals surface area contributed by atoms with Crippen molar-refractivity contribution in [2.75, 3.05) is 13.1 Å². The lowest BCUT2D eigenvalue weighted by Crippen LogP contribution is -2.62. The van der Waals surface area contributed by atoms with E-state index in [-0.39, 0.29) is 90.9 Å². The minimum absolute atomic E-state index is 0.0556. The molecule has 0 spiro atoms. The van der Waals surface area contributed by atoms with E-state index >= 15 is 4.79 Å². The normalized spacial score (nSPS) is 21.9. The molecule has 4 fully saturated rings. The zero-order valence-corrected chi connectivity index (χ0v) is 47.7. The van der Waals surface area contributed by atoms with Gasteiger partial charge < -0.3 is 51.6 Å². The van der Waals surface area contributed by atoms with Crippen LogP contribution in [-0.2, 0) is 53.3 Å². The molecule has 9 rings (SSSR count). The third-order valence-corrected chi connectivity index (χ3v) is 17.9. The Kier molecular flexibility index (Phi) is 17.8. The van der Waals surface area contributed by atoms with Gasteiger partial charge in [-0.3, -0.25) is 52.1 Å². The monoisotopic (exact) mass is 1160 g/mol. The molecule has 9 N–H and O–H groups in total. The van der Waals surface area contributed by atoms with Gasteiger partial charge in [-0.25, -0.2) is 4.79 Å². The number of halogens is 1. The van der Waals surface area contributed by atoms with E-state index in [1.807, 2.05) is 44.2 Å². The average molecular weight is 1170 g/mol. The molecule has 82 heavy (non-hydrogen) atoms. The zero-order chi connectivity index (χ0) is 58.9. The van der Waals surface area contributed by atoms with Crippen molar-refractivity contribution in [3.05, 3.63) is 116 Å². The molecule has 22 nitrogen and oxygen atoms in total. The number of imidazole rings is 1. The number of nitrogens with zero attached hydrogens (tertiary/aromatic N) is 4. The van der Waals surface area contributed by atoms with Crippen LogP contribution in [0.25, 0.3) is 21.9 Å². The SMILES string of the molecule is C=C1NC(=O)CCC1n1c(=O)n(C)c2cc(CC[C@H]3CC[C@@H](C(=O)N4CC[C@H]5CC[C@@H](C(=O)N[C@@H](CCC(N)=O)C(=O)NCc6ccc(C(C)C)c(Cl)c6)N5C(=O)[C@@H](NC(=O)c5cc6cc(C(=O)P(=O)(O)O)ccc6[nH]5)C4)CC3)ccc21. The predicted molar refractivity (Wildman–Crippen MR) is 305 cm³/mol. The van der Waals surface area contributed by atoms with Gasteiger partial charge in [-0.2, -0.15) is 0 Å². The van der Waals surface area contributed by atoms with Gasteiger partial charge in [0.2, 0.25) is 35.4 Å². The Morgan fingerprint density at radius 2 is 1.63 bits per heavy atom. The first-order chi connectivity index (χ1) is 38.9. The number of benzene rings is 3. The summed E-state index contributed by atoms with van der Waals surface area (Å²) in [5, 5.41) is 12.0. The fourth-order valence-corrected chi connectivity index (χ4v) is 13.2. The molecule has 2 aromatic heterocycles. The van der Waals surface area contributed by atoms with Crippen LogP contribution in [0.4, 0.5) is 0 Å². The highest BCUT2D eigenvalue weighted by Crippen LogP contribution is 2.40. The van der Waals surface area contributed by atoms with Crippen molar-refractivity contribution in [1.82, 2.24) is 45.2 Å². The van der Waals surface area contributed by atoms with Crippen molar-refractivity contribution in [2.45, 2.75) is 140 Å². The number of aromatic amines is 1. The van der Waals surface area contributed by atoms with E-state index in [2.05, 4.69) is 32.8 Å². The van der Waals surface area contributed by atoms with Gasteiger partial charge in [-0.1, -0.05) is 50.2 Å². The minimum Gasteiger partial charge on any atom is -0.370 e. The van der Waals surface area contributed by atoms with Gasteiger partial charge in [0.25, 0.3) is 11.4 Å². The quantitative estimate of drug-likeness (QED) is 0.0533. The van der Waals surface area contributed by atoms with Crippen LogP contribution >= 0.6 is 19.2 Å². The molecule has 4 aliphatic rings. The highest BCUT2D eigenvalue weighted by Gasteiger charge is 2.47. The molecule has 3 saturated heterocycles. The Morgan fingerprint density at radius 1 is 0.890 bits per heavy atom. The maximum Gasteiger partial charge on any atom is 0.396 e. The number of H-pyrrole nitrogens is 1. The molecule has 0 radical (unpaired) electrons. The Bertz CT molecular complexity index is 3500. The number of carbonyl (C=O) groups is 8. The molecule has 1 saturated carbocycles. The molecule has 5 atom stereocenters. The smallest absolute Gasteiger partial charge is 0.370 e. The number of aromatic nitrogens is 3. The van der Waals surface area contributed by atoms with Crippen LogP contribution in [0.15, 0.2) is 77.7 Å². The van der Waals surface area contributed by atoms with Crippen LogP contribution in [0, 0.1) is 11.8 Å². The molecule has 3 aromatic carbocycles. The second-order valence-corrected chi connectivity index (χ2v) is 24.5. The van der Waals surface area contributed by atoms with Gasteiger partial charge >= 0.3 is 13.3 Å². The van der Waals surface area contributed by atoms with E-state index < -0.39 is 66.8 Å². The minimum atomic E-state index is -5.12. The molecule has 5 aromatic rings. The van der Waals surface area contributed by atoms with Gasteiger partial charge in [0.05, 0.1) is 17.1 Å². The van der Waals surface area contributed by atoms with Gasteiger partial charge in [-0.05, 0) is 142 Å². The summed E-state index contributed by atoms with van der Waals surface area (Å²) >= 11 is 6.51. The zero-order valence-electron chi connectivity index (χ0n) is 46.1. The lowest BCUT2D eigenvalue weighted by molar-refractivity contribution is -0.147. The van der Waals surface area contributed by atoms with E-state index in [0.717, 1.165) is 47.8 Å². The first kappa shape index (κ1) is 59.2. The molecule has 24 heteroatoms. The number of nitrogens with one attached hydrogen (secondary N) is 5. The van der Waals surface area contributed by atoms with Crippen molar-refractivity contribution < 1.29 is 52.7 Å². The highest BCUT2D eigenvalue weighted by atomic mass is 35.5. The van der Waals surface area contributed by atoms with Crippen molar-refractivity contribution >= 4 is 88.0 Å². The second kappa shape index (κ2) is 24.6. The molecule has 5 heterocycles. The van der Waals surface area contributed by atoms with Crippen molar-refractivity contribution in [2.24, 2.45) is 24.6 Å². The number of fused-ring (bicyclic) bond motifs is 3. The molecular weight excluding hydrogens is 1100 g/mol. The van der Waals surface area contributed by atoms with E-state index in [9.17, 15) is 52.7 Å². The second-order valence-electron chi connectivity index (χ2n) is 22.6. The predicted octanol–water partition coefficient (Wildman–Crippen LogP) is 5.08. The van der Waals surface area contributed by atoms with Crippen molar-refractivity contribution in [1.29, 1.82) is 0 Å². The molecule has 1 aliphatic carbocycles. The number of amides is 7. The summed E-state index contributed by atoms with van der Waals surface area (Å²) in [4.78, 5) is 147. The van der Waals surface area contributed by atoms with E-state index in [1.165, 1.54) is 29.2 Å². The number of piperidine rings is 1. The van der Waals surface area contributed by atoms with Gasteiger partial charge in [0.15, 0.2) is 0 Å². The Balaban J connectivity index is 0.893. The Hall–Kier alpha value is -7.39. The van der Waals surface area contributed by atoms with Crippen LogP contribution in [0.3, 0.4) is 0 Å². The van der Waals surface area contributed by atoms with E-state index in [0.29, 0.717) is 66.2 Å². The number of hydrogen-bond donors (Lipinski definition) is 8. The first-order valence-electron chi connectivity index (χ1n) is 27.9. The number of primary amides is 1. The van der Waals surface area contributed by atoms with Crippen molar-refractivity contribution in [3.63, 3.8) is 0 Å². The van der Waals surface area contributed by atoms with Gasteiger partial charge in [-0.15, -0.1) is 0 Å². The summed E-state index contributed by atoms with van der Waals surface area (Å²) in [7, 11) is -3.39. The number of nitrogens with two attached hydrogens (primary N) is 1. The maximum atomic E-state index is 15.1. The number of aryl methyl sites for hydroxylation is 2. The summed E-state index contributed by atoms with van der Waals surface area (Å²) < 4.78 is 15.1. The Labute approximate surface area is 478 Å². The Morgan fingerprint density at radius 3 is 2.33 bits per heavy atom. The number of hydrogen-bond acceptors (Lipinski definition) is 10. The lowest BCUT2D eigenvalue weighted by Gasteiger charge is -2.40. The third kappa shape index (κ3) is 12.9. The maximum absolute atomic E-state index is 15.1. The van der Waals surface area contributed by atoms with Gasteiger partial charge in [0, 0.05) is 78.7 Å². The molecule has 3 aliphatic heterocycles. The molecule has 7 amide bonds. The van der Waals surface area contributed by atoms with E-state index in [4.69, 9.17) is 17.3 Å². The summed E-state index contributed by atoms with van der Waals surface area (Å²) in [6.45, 7) is 8.08. The third-order valence-electron chi connectivity index (χ3n) is 16.8. The lowest BCUT2D eigenvalue weighted by atomic mass is 9.79. The molecule has 1 unspecified atom stereocenters. The van der Waals surface area contributed by atoms with Crippen molar-refractivity contribution in [3.8, 4) is 0 Å². The molecule has 436 valence electrons. The standard InChI is InChI=1S/C58H70ClN10O12P/c1-31(2)40-15-9-35(25-41(40)59)29-61-52(72)43(17-21-50(60)70)64-54(74)48-19-14-39-23-24-67(30-45(56(76)68(39)48)65-53(73)44-28-38-27-37(13-16-42(38)63-44)57(77)82(79,80)81)55(75)36-11-7-33(8-12-36)5-6-34-10-18-47-49(26-34)66(4)58(78)69(47)46-20-22-51(71)62-32(46)3/h9-10,13,15-16,18,25-28,31,33,36,39,43,45-46,48,63H,3,5-8,11-12,14,17,19-24,29-30H2,1-2,4H3,(H2,60,70)(H,61,72)(H,62,71)(H,64,74)(H,65,73)(H2,79,80,81)/t33-,36+,39-,43+,45+,46?,48+/m1/s1. The fraction of sp³-hybridized carbons (Fsp3) is 0.466. The fourth-order valence-electron chi connectivity index (χ4n) is 12.3. The van der Waals surface area contributed by atoms with Crippen LogP contribution < -0.4 is 32.7 Å². The number of carbonyl (C=O) groups excluding carboxylic acids is 8. The molecule has 0 bridgehead atoms. The van der Waals surface area contributed by atoms with Crippen LogP contribution in [0.1, 0.15) is 140 Å². The molecular formula is C58H70ClN10O12P. The van der Waals surface area contributed by atoms with Crippen LogP contribution in [0.2, 0.25) is 5.02 Å². The largest absolute Gasteiger partial charge is 0.396 e. The average Bonchev–Trinajstić information content (AvgIpc) is 4.19. The summed E-state index contributed by atoms with van der Waals surface area (Å²) in [6.07, 6.45) is 5.69. The van der Waals surface area contributed by atoms with Crippen LogP contribution in [0.5, 0.6) is 0 Å². The van der Waals surface area contributed by atoms with E-state index in [1.54, 1.807) is 27.1 Å². The topological polar surface area (TPSA) is 317 Å². The summed E-state index contributed by atoms with van der Waals surface area (Å²) in [5.74, 6) is -3.46. The number of rotatable bonds is 18. The van der Waals surface area contributed by atoms with Crippen LogP contribution in [-0.4, -0.2) is 118 Å². The number of allylic oxidation sites excluding steroid dienone is 1.